The van der Waals surface area contributed by atoms with Crippen molar-refractivity contribution in [3.63, 3.8) is 0 Å². The van der Waals surface area contributed by atoms with E-state index in [0.29, 0.717) is 22.4 Å². The third-order valence-electron chi connectivity index (χ3n) is 2.98. The number of benzene rings is 2. The summed E-state index contributed by atoms with van der Waals surface area (Å²) >= 11 is 12.0. The SMILES string of the molecule is C#CCOC(=O)/C=C/c1cccc(OCc2ccc(Cl)cc2Cl)c1. The predicted molar refractivity (Wildman–Crippen MR) is 96.1 cm³/mol. The fourth-order valence-corrected chi connectivity index (χ4v) is 2.30. The Morgan fingerprint density at radius 2 is 2.04 bits per heavy atom. The molecule has 5 heteroatoms. The van der Waals surface area contributed by atoms with Crippen molar-refractivity contribution in [3.8, 4) is 18.1 Å². The molecule has 0 aliphatic heterocycles. The van der Waals surface area contributed by atoms with Crippen molar-refractivity contribution >= 4 is 35.2 Å². The van der Waals surface area contributed by atoms with Crippen LogP contribution in [0.4, 0.5) is 0 Å². The van der Waals surface area contributed by atoms with Crippen LogP contribution in [0.5, 0.6) is 5.75 Å². The molecule has 0 aliphatic carbocycles. The number of carbonyl (C=O) groups excluding carboxylic acids is 1. The van der Waals surface area contributed by atoms with Crippen LogP contribution in [0.3, 0.4) is 0 Å². The molecule has 0 aliphatic rings. The number of rotatable bonds is 6. The molecule has 0 N–H and O–H groups in total. The van der Waals surface area contributed by atoms with Crippen LogP contribution in [0, 0.1) is 12.3 Å². The molecule has 0 radical (unpaired) electrons. The zero-order valence-corrected chi connectivity index (χ0v) is 14.2. The van der Waals surface area contributed by atoms with Crippen LogP contribution in [-0.2, 0) is 16.1 Å². The first-order chi connectivity index (χ1) is 11.6. The minimum Gasteiger partial charge on any atom is -0.489 e. The zero-order chi connectivity index (χ0) is 17.4. The number of hydrogen-bond acceptors (Lipinski definition) is 3. The van der Waals surface area contributed by atoms with Gasteiger partial charge in [0.1, 0.15) is 12.4 Å². The van der Waals surface area contributed by atoms with Gasteiger partial charge in [0.05, 0.1) is 0 Å². The van der Waals surface area contributed by atoms with Gasteiger partial charge in [0.2, 0.25) is 0 Å². The molecule has 0 bridgehead atoms. The Hall–Kier alpha value is -2.41. The van der Waals surface area contributed by atoms with E-state index in [9.17, 15) is 4.79 Å². The number of carbonyl (C=O) groups is 1. The Labute approximate surface area is 150 Å². The van der Waals surface area contributed by atoms with Crippen LogP contribution < -0.4 is 4.74 Å². The number of terminal acetylenes is 1. The van der Waals surface area contributed by atoms with E-state index < -0.39 is 5.97 Å². The average Bonchev–Trinajstić information content (AvgIpc) is 2.58. The summed E-state index contributed by atoms with van der Waals surface area (Å²) in [6, 6.07) is 12.5. The lowest BCUT2D eigenvalue weighted by molar-refractivity contribution is -0.136. The summed E-state index contributed by atoms with van der Waals surface area (Å²) in [5.41, 5.74) is 1.63. The number of halogens is 2. The summed E-state index contributed by atoms with van der Waals surface area (Å²) in [6.07, 6.45) is 7.96. The third kappa shape index (κ3) is 5.66. The molecule has 3 nitrogen and oxygen atoms in total. The topological polar surface area (TPSA) is 35.5 Å². The van der Waals surface area contributed by atoms with Gasteiger partial charge in [0.15, 0.2) is 6.61 Å². The van der Waals surface area contributed by atoms with Gasteiger partial charge in [-0.2, -0.15) is 0 Å². The van der Waals surface area contributed by atoms with Crippen LogP contribution in [0.2, 0.25) is 10.0 Å². The molecule has 2 aromatic rings. The summed E-state index contributed by atoms with van der Waals surface area (Å²) in [5, 5.41) is 1.13. The highest BCUT2D eigenvalue weighted by Gasteiger charge is 2.03. The molecule has 0 aromatic heterocycles. The third-order valence-corrected chi connectivity index (χ3v) is 3.56. The number of esters is 1. The van der Waals surface area contributed by atoms with E-state index in [4.69, 9.17) is 39.1 Å². The average molecular weight is 361 g/mol. The van der Waals surface area contributed by atoms with Gasteiger partial charge in [-0.3, -0.25) is 0 Å². The van der Waals surface area contributed by atoms with Crippen molar-refractivity contribution in [3.05, 3.63) is 69.7 Å². The maximum atomic E-state index is 11.4. The molecular weight excluding hydrogens is 347 g/mol. The van der Waals surface area contributed by atoms with E-state index in [2.05, 4.69) is 5.92 Å². The number of hydrogen-bond donors (Lipinski definition) is 0. The largest absolute Gasteiger partial charge is 0.489 e. The van der Waals surface area contributed by atoms with Gasteiger partial charge in [0, 0.05) is 21.7 Å². The maximum absolute atomic E-state index is 11.4. The van der Waals surface area contributed by atoms with Crippen LogP contribution in [-0.4, -0.2) is 12.6 Å². The van der Waals surface area contributed by atoms with E-state index in [1.807, 2.05) is 24.3 Å². The van der Waals surface area contributed by atoms with Crippen LogP contribution in [0.15, 0.2) is 48.5 Å². The summed E-state index contributed by atoms with van der Waals surface area (Å²) < 4.78 is 10.5. The fraction of sp³-hybridized carbons (Fsp3) is 0.105. The molecule has 122 valence electrons. The Morgan fingerprint density at radius 3 is 2.79 bits per heavy atom. The van der Waals surface area contributed by atoms with Crippen molar-refractivity contribution in [1.82, 2.24) is 0 Å². The molecule has 0 unspecified atom stereocenters. The smallest absolute Gasteiger partial charge is 0.331 e. The lowest BCUT2D eigenvalue weighted by Crippen LogP contribution is -2.00. The predicted octanol–water partition coefficient (Wildman–Crippen LogP) is 4.76. The molecule has 0 saturated heterocycles. The lowest BCUT2D eigenvalue weighted by Gasteiger charge is -2.08. The molecule has 24 heavy (non-hydrogen) atoms. The quantitative estimate of drug-likeness (QED) is 0.423. The molecule has 2 rings (SSSR count). The molecule has 0 heterocycles. The molecule has 0 saturated carbocycles. The van der Waals surface area contributed by atoms with E-state index in [1.54, 1.807) is 24.3 Å². The van der Waals surface area contributed by atoms with E-state index in [1.165, 1.54) is 6.08 Å². The minimum atomic E-state index is -0.493. The summed E-state index contributed by atoms with van der Waals surface area (Å²) in [6.45, 7) is 0.265. The summed E-state index contributed by atoms with van der Waals surface area (Å²) in [7, 11) is 0. The van der Waals surface area contributed by atoms with Gasteiger partial charge in [-0.1, -0.05) is 47.3 Å². The maximum Gasteiger partial charge on any atom is 0.331 e. The van der Waals surface area contributed by atoms with E-state index in [0.717, 1.165) is 11.1 Å². The van der Waals surface area contributed by atoms with Crippen LogP contribution >= 0.6 is 23.2 Å². The Kier molecular flexibility index (Phi) is 6.74. The van der Waals surface area contributed by atoms with E-state index in [-0.39, 0.29) is 6.61 Å². The monoisotopic (exact) mass is 360 g/mol. The second-order valence-corrected chi connectivity index (χ2v) is 5.59. The second kappa shape index (κ2) is 9.02. The standard InChI is InChI=1S/C19H14Cl2O3/c1-2-10-23-19(22)9-6-14-4-3-5-17(11-14)24-13-15-7-8-16(20)12-18(15)21/h1,3-9,11-12H,10,13H2/b9-6+. The van der Waals surface area contributed by atoms with Crippen LogP contribution in [0.25, 0.3) is 6.08 Å². The molecule has 2 aromatic carbocycles. The lowest BCUT2D eigenvalue weighted by atomic mass is 10.2. The van der Waals surface area contributed by atoms with Gasteiger partial charge < -0.3 is 9.47 Å². The first kappa shape index (κ1) is 17.9. The Balaban J connectivity index is 1.98. The Morgan fingerprint density at radius 1 is 1.21 bits per heavy atom. The number of ether oxygens (including phenoxy) is 2. The fourth-order valence-electron chi connectivity index (χ4n) is 1.83. The van der Waals surface area contributed by atoms with Crippen molar-refractivity contribution < 1.29 is 14.3 Å². The van der Waals surface area contributed by atoms with Crippen molar-refractivity contribution in [1.29, 1.82) is 0 Å². The van der Waals surface area contributed by atoms with Crippen molar-refractivity contribution in [2.75, 3.05) is 6.61 Å². The molecule has 0 atom stereocenters. The molecule has 0 amide bonds. The van der Waals surface area contributed by atoms with Crippen molar-refractivity contribution in [2.24, 2.45) is 0 Å². The highest BCUT2D eigenvalue weighted by Crippen LogP contribution is 2.23. The van der Waals surface area contributed by atoms with Gasteiger partial charge >= 0.3 is 5.97 Å². The summed E-state index contributed by atoms with van der Waals surface area (Å²) in [5.74, 6) is 2.39. The highest BCUT2D eigenvalue weighted by molar-refractivity contribution is 6.35. The zero-order valence-electron chi connectivity index (χ0n) is 12.7. The molecular formula is C19H14Cl2O3. The normalized spacial score (nSPS) is 10.4. The molecule has 0 fully saturated rings. The molecule has 0 spiro atoms. The summed E-state index contributed by atoms with van der Waals surface area (Å²) in [4.78, 5) is 11.4. The van der Waals surface area contributed by atoms with E-state index >= 15 is 0 Å². The van der Waals surface area contributed by atoms with Gasteiger partial charge in [-0.25, -0.2) is 4.79 Å². The Bertz CT molecular complexity index is 791. The van der Waals surface area contributed by atoms with Gasteiger partial charge in [0.25, 0.3) is 0 Å². The highest BCUT2D eigenvalue weighted by atomic mass is 35.5. The second-order valence-electron chi connectivity index (χ2n) is 4.74. The van der Waals surface area contributed by atoms with Gasteiger partial charge in [-0.05, 0) is 35.9 Å². The first-order valence-corrected chi connectivity index (χ1v) is 7.79. The van der Waals surface area contributed by atoms with Crippen LogP contribution in [0.1, 0.15) is 11.1 Å². The minimum absolute atomic E-state index is 0.0474. The first-order valence-electron chi connectivity index (χ1n) is 7.03. The van der Waals surface area contributed by atoms with Crippen molar-refractivity contribution in [2.45, 2.75) is 6.61 Å². The van der Waals surface area contributed by atoms with Gasteiger partial charge in [-0.15, -0.1) is 6.42 Å².